The van der Waals surface area contributed by atoms with Crippen molar-refractivity contribution in [3.8, 4) is 5.75 Å². The number of benzene rings is 2. The molecule has 36 heavy (non-hydrogen) atoms. The van der Waals surface area contributed by atoms with E-state index in [-0.39, 0.29) is 28.4 Å². The van der Waals surface area contributed by atoms with Gasteiger partial charge in [-0.3, -0.25) is 39.6 Å². The van der Waals surface area contributed by atoms with E-state index in [0.717, 1.165) is 17.0 Å². The number of hydrazone groups is 1. The van der Waals surface area contributed by atoms with Crippen LogP contribution in [-0.2, 0) is 9.59 Å². The van der Waals surface area contributed by atoms with Crippen molar-refractivity contribution in [2.24, 2.45) is 16.9 Å². The lowest BCUT2D eigenvalue weighted by Crippen LogP contribution is -2.46. The number of ketones is 1. The van der Waals surface area contributed by atoms with Crippen LogP contribution in [0.5, 0.6) is 5.75 Å². The number of hydrogen-bond donors (Lipinski definition) is 0. The first-order valence-corrected chi connectivity index (χ1v) is 10.7. The molecule has 3 aliphatic rings. The van der Waals surface area contributed by atoms with Crippen molar-refractivity contribution in [2.75, 3.05) is 12.0 Å². The highest BCUT2D eigenvalue weighted by Crippen LogP contribution is 2.48. The molecule has 13 heteroatoms. The molecule has 0 radical (unpaired) electrons. The Hall–Kier alpha value is -4.94. The maximum atomic E-state index is 13.7. The van der Waals surface area contributed by atoms with Crippen LogP contribution in [0.3, 0.4) is 0 Å². The van der Waals surface area contributed by atoms with E-state index in [2.05, 4.69) is 5.10 Å². The van der Waals surface area contributed by atoms with Crippen molar-refractivity contribution in [2.45, 2.75) is 12.1 Å². The van der Waals surface area contributed by atoms with Gasteiger partial charge in [0.05, 0.1) is 34.8 Å². The van der Waals surface area contributed by atoms with Gasteiger partial charge in [0.2, 0.25) is 11.8 Å². The van der Waals surface area contributed by atoms with Gasteiger partial charge in [0.1, 0.15) is 17.5 Å². The van der Waals surface area contributed by atoms with Crippen LogP contribution in [0.25, 0.3) is 0 Å². The van der Waals surface area contributed by atoms with E-state index in [1.54, 1.807) is 12.2 Å². The summed E-state index contributed by atoms with van der Waals surface area (Å²) in [5.41, 5.74) is -0.764. The minimum absolute atomic E-state index is 0.00928. The number of hydrogen-bond acceptors (Lipinski definition) is 10. The maximum Gasteiger partial charge on any atom is 0.271 e. The average Bonchev–Trinajstić information content (AvgIpc) is 3.35. The standard InChI is InChI=1S/C23H17N5O8/c1-36-17-8-7-14(28(34)35)11-16(17)25-22(30)18-15-6-3-9-24-26(15)20(19(18)23(25)31)21(29)12-4-2-5-13(10-12)27(32)33/h2-11,15,18-20H,1H3. The quantitative estimate of drug-likeness (QED) is 0.254. The first kappa shape index (κ1) is 22.8. The molecule has 13 nitrogen and oxygen atoms in total. The average molecular weight is 491 g/mol. The number of allylic oxidation sites excluding steroid dienone is 1. The van der Waals surface area contributed by atoms with Crippen molar-refractivity contribution >= 4 is 40.9 Å². The molecule has 0 aromatic heterocycles. The highest BCUT2D eigenvalue weighted by Gasteiger charge is 2.64. The molecule has 3 aliphatic heterocycles. The fourth-order valence-electron chi connectivity index (χ4n) is 4.98. The van der Waals surface area contributed by atoms with Crippen molar-refractivity contribution in [3.63, 3.8) is 0 Å². The summed E-state index contributed by atoms with van der Waals surface area (Å²) >= 11 is 0. The molecule has 3 heterocycles. The Morgan fingerprint density at radius 3 is 2.39 bits per heavy atom. The molecule has 0 spiro atoms. The van der Waals surface area contributed by atoms with Gasteiger partial charge in [-0.1, -0.05) is 18.2 Å². The zero-order valence-electron chi connectivity index (χ0n) is 18.6. The van der Waals surface area contributed by atoms with Gasteiger partial charge in [0.25, 0.3) is 11.4 Å². The van der Waals surface area contributed by atoms with E-state index in [0.29, 0.717) is 0 Å². The third-order valence-corrected chi connectivity index (χ3v) is 6.52. The molecule has 2 saturated heterocycles. The number of nitrogens with zero attached hydrogens (tertiary/aromatic N) is 5. The van der Waals surface area contributed by atoms with E-state index in [9.17, 15) is 34.6 Å². The Bertz CT molecular complexity index is 1400. The summed E-state index contributed by atoms with van der Waals surface area (Å²) in [6.07, 6.45) is 4.65. The van der Waals surface area contributed by atoms with Crippen molar-refractivity contribution in [3.05, 3.63) is 80.4 Å². The molecule has 4 unspecified atom stereocenters. The number of nitro groups is 2. The van der Waals surface area contributed by atoms with Crippen LogP contribution in [0.15, 0.2) is 59.7 Å². The van der Waals surface area contributed by atoms with Crippen molar-refractivity contribution in [1.82, 2.24) is 5.01 Å². The van der Waals surface area contributed by atoms with Crippen LogP contribution in [0.4, 0.5) is 17.1 Å². The molecule has 4 atom stereocenters. The molecule has 2 aromatic carbocycles. The summed E-state index contributed by atoms with van der Waals surface area (Å²) < 4.78 is 5.25. The number of carbonyl (C=O) groups excluding carboxylic acids is 3. The minimum atomic E-state index is -1.23. The molecule has 2 aromatic rings. The summed E-state index contributed by atoms with van der Waals surface area (Å²) in [7, 11) is 1.30. The summed E-state index contributed by atoms with van der Waals surface area (Å²) in [6, 6.07) is 6.66. The van der Waals surface area contributed by atoms with Crippen LogP contribution in [0, 0.1) is 32.1 Å². The number of amides is 2. The zero-order chi connectivity index (χ0) is 25.7. The minimum Gasteiger partial charge on any atom is -0.495 e. The van der Waals surface area contributed by atoms with Gasteiger partial charge in [-0.25, -0.2) is 4.90 Å². The predicted octanol–water partition coefficient (Wildman–Crippen LogP) is 2.11. The molecular weight excluding hydrogens is 474 g/mol. The Morgan fingerprint density at radius 1 is 1.00 bits per heavy atom. The number of imide groups is 1. The number of ether oxygens (including phenoxy) is 1. The van der Waals surface area contributed by atoms with E-state index >= 15 is 0 Å². The van der Waals surface area contributed by atoms with E-state index in [1.165, 1.54) is 48.7 Å². The van der Waals surface area contributed by atoms with E-state index in [1.807, 2.05) is 0 Å². The Labute approximate surface area is 202 Å². The van der Waals surface area contributed by atoms with Gasteiger partial charge < -0.3 is 4.74 Å². The largest absolute Gasteiger partial charge is 0.495 e. The fraction of sp³-hybridized carbons (Fsp3) is 0.217. The maximum absolute atomic E-state index is 13.7. The topological polar surface area (TPSA) is 166 Å². The smallest absolute Gasteiger partial charge is 0.271 e. The molecule has 2 fully saturated rings. The number of rotatable bonds is 6. The summed E-state index contributed by atoms with van der Waals surface area (Å²) in [4.78, 5) is 63.0. The van der Waals surface area contributed by atoms with Crippen LogP contribution in [0.1, 0.15) is 10.4 Å². The van der Waals surface area contributed by atoms with Crippen LogP contribution in [0.2, 0.25) is 0 Å². The number of carbonyl (C=O) groups is 3. The third-order valence-electron chi connectivity index (χ3n) is 6.52. The van der Waals surface area contributed by atoms with Gasteiger partial charge in [0.15, 0.2) is 5.78 Å². The first-order valence-electron chi connectivity index (χ1n) is 10.7. The van der Waals surface area contributed by atoms with Crippen LogP contribution in [-0.4, -0.2) is 57.9 Å². The summed E-state index contributed by atoms with van der Waals surface area (Å²) in [6.45, 7) is 0. The Kier molecular flexibility index (Phi) is 5.31. The first-order chi connectivity index (χ1) is 17.2. The SMILES string of the molecule is COc1ccc([N+](=O)[O-])cc1N1C(=O)C2C(C1=O)C(C(=O)c1cccc([N+](=O)[O-])c1)N1N=CC=CC21. The molecule has 5 rings (SSSR count). The number of nitro benzene ring substituents is 2. The zero-order valence-corrected chi connectivity index (χ0v) is 18.6. The van der Waals surface area contributed by atoms with Gasteiger partial charge in [-0.2, -0.15) is 5.10 Å². The van der Waals surface area contributed by atoms with Crippen LogP contribution < -0.4 is 9.64 Å². The highest BCUT2D eigenvalue weighted by molar-refractivity contribution is 6.25. The van der Waals surface area contributed by atoms with Crippen LogP contribution >= 0.6 is 0 Å². The predicted molar refractivity (Wildman–Crippen MR) is 124 cm³/mol. The van der Waals surface area contributed by atoms with Gasteiger partial charge in [-0.15, -0.1) is 0 Å². The van der Waals surface area contributed by atoms with Gasteiger partial charge in [-0.05, 0) is 12.1 Å². The lowest BCUT2D eigenvalue weighted by atomic mass is 9.86. The highest BCUT2D eigenvalue weighted by atomic mass is 16.6. The number of fused-ring (bicyclic) bond motifs is 3. The number of anilines is 1. The van der Waals surface area contributed by atoms with Crippen molar-refractivity contribution in [1.29, 1.82) is 0 Å². The second kappa shape index (κ2) is 8.37. The molecule has 2 amide bonds. The lowest BCUT2D eigenvalue weighted by Gasteiger charge is -2.30. The third kappa shape index (κ3) is 3.32. The normalized spacial score (nSPS) is 24.0. The van der Waals surface area contributed by atoms with E-state index < -0.39 is 51.4 Å². The van der Waals surface area contributed by atoms with E-state index in [4.69, 9.17) is 4.74 Å². The Balaban J connectivity index is 1.60. The number of Topliss-reactive ketones (excluding diaryl/α,β-unsaturated/α-hetero) is 1. The molecule has 182 valence electrons. The summed E-state index contributed by atoms with van der Waals surface area (Å²) in [5, 5.41) is 28.2. The van der Waals surface area contributed by atoms with Gasteiger partial charge in [0, 0.05) is 36.0 Å². The number of non-ortho nitro benzene ring substituents is 2. The number of methoxy groups -OCH3 is 1. The Morgan fingerprint density at radius 2 is 1.69 bits per heavy atom. The summed E-state index contributed by atoms with van der Waals surface area (Å²) in [5.74, 6) is -4.14. The van der Waals surface area contributed by atoms with Crippen molar-refractivity contribution < 1.29 is 29.0 Å². The molecular formula is C23H17N5O8. The second-order valence-corrected chi connectivity index (χ2v) is 8.31. The molecule has 0 N–H and O–H groups in total. The molecule has 0 bridgehead atoms. The fourth-order valence-corrected chi connectivity index (χ4v) is 4.98. The molecule has 0 saturated carbocycles. The van der Waals surface area contributed by atoms with Gasteiger partial charge >= 0.3 is 0 Å². The lowest BCUT2D eigenvalue weighted by molar-refractivity contribution is -0.385. The molecule has 0 aliphatic carbocycles. The monoisotopic (exact) mass is 491 g/mol. The second-order valence-electron chi connectivity index (χ2n) is 8.31.